The molecule has 0 aromatic heterocycles. The standard InChI is InChI=1S/C14H20N2O3/c1-16-12-9-11(5-6-15-7-8-18-2)3-4-13(12)19-10-14(16)17/h3-4,9,15H,5-8,10H2,1-2H3. The zero-order valence-corrected chi connectivity index (χ0v) is 11.4. The van der Waals surface area contributed by atoms with Gasteiger partial charge in [0.1, 0.15) is 5.75 Å². The van der Waals surface area contributed by atoms with Crippen molar-refractivity contribution in [3.8, 4) is 5.75 Å². The molecule has 1 aromatic rings. The number of methoxy groups -OCH3 is 1. The Kier molecular flexibility index (Phi) is 4.76. The lowest BCUT2D eigenvalue weighted by Crippen LogP contribution is -2.35. The first kappa shape index (κ1) is 13.8. The molecule has 0 radical (unpaired) electrons. The Hall–Kier alpha value is -1.59. The number of anilines is 1. The maximum absolute atomic E-state index is 11.6. The van der Waals surface area contributed by atoms with Crippen LogP contribution in [0, 0.1) is 0 Å². The number of rotatable bonds is 6. The van der Waals surface area contributed by atoms with E-state index in [1.165, 1.54) is 5.56 Å². The van der Waals surface area contributed by atoms with Crippen LogP contribution in [0.5, 0.6) is 5.75 Å². The van der Waals surface area contributed by atoms with Crippen molar-refractivity contribution < 1.29 is 14.3 Å². The number of hydrogen-bond donors (Lipinski definition) is 1. The predicted octanol–water partition coefficient (Wildman–Crippen LogP) is 0.820. The van der Waals surface area contributed by atoms with Crippen LogP contribution in [0.3, 0.4) is 0 Å². The van der Waals surface area contributed by atoms with E-state index in [-0.39, 0.29) is 12.5 Å². The van der Waals surface area contributed by atoms with E-state index in [0.717, 1.165) is 37.6 Å². The van der Waals surface area contributed by atoms with Crippen molar-refractivity contribution in [1.29, 1.82) is 0 Å². The number of nitrogens with one attached hydrogen (secondary N) is 1. The quantitative estimate of drug-likeness (QED) is 0.773. The number of fused-ring (bicyclic) bond motifs is 1. The van der Waals surface area contributed by atoms with E-state index in [2.05, 4.69) is 5.32 Å². The Balaban J connectivity index is 1.94. The van der Waals surface area contributed by atoms with Crippen LogP contribution in [0.25, 0.3) is 0 Å². The Morgan fingerprint density at radius 1 is 1.42 bits per heavy atom. The van der Waals surface area contributed by atoms with E-state index >= 15 is 0 Å². The monoisotopic (exact) mass is 264 g/mol. The number of likely N-dealkylation sites (N-methyl/N-ethyl adjacent to an activating group) is 1. The van der Waals surface area contributed by atoms with E-state index < -0.39 is 0 Å². The fourth-order valence-electron chi connectivity index (χ4n) is 2.01. The third kappa shape index (κ3) is 3.45. The molecule has 0 saturated heterocycles. The second kappa shape index (κ2) is 6.54. The largest absolute Gasteiger partial charge is 0.482 e. The zero-order chi connectivity index (χ0) is 13.7. The van der Waals surface area contributed by atoms with Gasteiger partial charge in [0.15, 0.2) is 6.61 Å². The van der Waals surface area contributed by atoms with Gasteiger partial charge in [0.25, 0.3) is 5.91 Å². The van der Waals surface area contributed by atoms with E-state index in [9.17, 15) is 4.79 Å². The van der Waals surface area contributed by atoms with Crippen molar-refractivity contribution in [3.05, 3.63) is 23.8 Å². The summed E-state index contributed by atoms with van der Waals surface area (Å²) >= 11 is 0. The first-order chi connectivity index (χ1) is 9.22. The van der Waals surface area contributed by atoms with Gasteiger partial charge in [0.2, 0.25) is 0 Å². The minimum absolute atomic E-state index is 0.0112. The fourth-order valence-corrected chi connectivity index (χ4v) is 2.01. The number of hydrogen-bond acceptors (Lipinski definition) is 4. The molecule has 2 rings (SSSR count). The molecule has 0 saturated carbocycles. The molecule has 0 fully saturated rings. The van der Waals surface area contributed by atoms with E-state index in [4.69, 9.17) is 9.47 Å². The third-order valence-electron chi connectivity index (χ3n) is 3.18. The highest BCUT2D eigenvalue weighted by Crippen LogP contribution is 2.31. The number of carbonyl (C=O) groups is 1. The minimum atomic E-state index is -0.0112. The number of amides is 1. The molecular weight excluding hydrogens is 244 g/mol. The Morgan fingerprint density at radius 2 is 2.26 bits per heavy atom. The number of ether oxygens (including phenoxy) is 2. The summed E-state index contributed by atoms with van der Waals surface area (Å²) in [4.78, 5) is 13.2. The summed E-state index contributed by atoms with van der Waals surface area (Å²) in [6.07, 6.45) is 0.916. The van der Waals surface area contributed by atoms with Crippen LogP contribution in [0.15, 0.2) is 18.2 Å². The van der Waals surface area contributed by atoms with Crippen molar-refractivity contribution in [3.63, 3.8) is 0 Å². The normalized spacial score (nSPS) is 14.2. The molecule has 1 aliphatic rings. The van der Waals surface area contributed by atoms with Crippen LogP contribution in [0.4, 0.5) is 5.69 Å². The average Bonchev–Trinajstić information content (AvgIpc) is 2.43. The lowest BCUT2D eigenvalue weighted by Gasteiger charge is -2.26. The highest BCUT2D eigenvalue weighted by Gasteiger charge is 2.21. The van der Waals surface area contributed by atoms with Gasteiger partial charge in [-0.05, 0) is 30.7 Å². The highest BCUT2D eigenvalue weighted by atomic mass is 16.5. The first-order valence-corrected chi connectivity index (χ1v) is 6.44. The van der Waals surface area contributed by atoms with Gasteiger partial charge in [-0.1, -0.05) is 6.07 Å². The van der Waals surface area contributed by atoms with Crippen LogP contribution >= 0.6 is 0 Å². The lowest BCUT2D eigenvalue weighted by molar-refractivity contribution is -0.120. The first-order valence-electron chi connectivity index (χ1n) is 6.44. The molecule has 1 aliphatic heterocycles. The van der Waals surface area contributed by atoms with Gasteiger partial charge in [0.05, 0.1) is 12.3 Å². The van der Waals surface area contributed by atoms with Gasteiger partial charge in [-0.15, -0.1) is 0 Å². The molecule has 0 atom stereocenters. The van der Waals surface area contributed by atoms with Gasteiger partial charge >= 0.3 is 0 Å². The summed E-state index contributed by atoms with van der Waals surface area (Å²) in [5.41, 5.74) is 2.04. The third-order valence-corrected chi connectivity index (χ3v) is 3.18. The lowest BCUT2D eigenvalue weighted by atomic mass is 10.1. The maximum Gasteiger partial charge on any atom is 0.264 e. The molecule has 1 aromatic carbocycles. The molecule has 1 amide bonds. The van der Waals surface area contributed by atoms with Crippen LogP contribution in [0.2, 0.25) is 0 Å². The molecule has 104 valence electrons. The molecule has 5 heteroatoms. The zero-order valence-electron chi connectivity index (χ0n) is 11.4. The Bertz CT molecular complexity index is 448. The van der Waals surface area contributed by atoms with Gasteiger partial charge in [0, 0.05) is 20.7 Å². The molecular formula is C14H20N2O3. The molecule has 0 unspecified atom stereocenters. The van der Waals surface area contributed by atoms with E-state index in [1.54, 1.807) is 19.1 Å². The van der Waals surface area contributed by atoms with Gasteiger partial charge < -0.3 is 19.7 Å². The van der Waals surface area contributed by atoms with Crippen molar-refractivity contribution in [2.45, 2.75) is 6.42 Å². The topological polar surface area (TPSA) is 50.8 Å². The summed E-state index contributed by atoms with van der Waals surface area (Å²) in [6.45, 7) is 2.58. The predicted molar refractivity (Wildman–Crippen MR) is 73.8 cm³/mol. The Morgan fingerprint density at radius 3 is 3.05 bits per heavy atom. The molecule has 0 spiro atoms. The second-order valence-electron chi connectivity index (χ2n) is 4.54. The highest BCUT2D eigenvalue weighted by molar-refractivity contribution is 5.97. The van der Waals surface area contributed by atoms with E-state index in [1.807, 2.05) is 18.2 Å². The maximum atomic E-state index is 11.6. The summed E-state index contributed by atoms with van der Waals surface area (Å²) in [5, 5.41) is 3.30. The minimum Gasteiger partial charge on any atom is -0.482 e. The molecule has 1 N–H and O–H groups in total. The van der Waals surface area contributed by atoms with Gasteiger partial charge in [-0.25, -0.2) is 0 Å². The van der Waals surface area contributed by atoms with E-state index in [0.29, 0.717) is 0 Å². The van der Waals surface area contributed by atoms with Crippen molar-refractivity contribution in [1.82, 2.24) is 5.32 Å². The van der Waals surface area contributed by atoms with Crippen molar-refractivity contribution >= 4 is 11.6 Å². The van der Waals surface area contributed by atoms with Crippen molar-refractivity contribution in [2.24, 2.45) is 0 Å². The van der Waals surface area contributed by atoms with Gasteiger partial charge in [-0.3, -0.25) is 4.79 Å². The fraction of sp³-hybridized carbons (Fsp3) is 0.500. The number of nitrogens with zero attached hydrogens (tertiary/aromatic N) is 1. The molecule has 1 heterocycles. The summed E-state index contributed by atoms with van der Waals surface area (Å²) in [5.74, 6) is 0.765. The number of carbonyl (C=O) groups excluding carboxylic acids is 1. The SMILES string of the molecule is COCCNCCc1ccc2c(c1)N(C)C(=O)CO2. The van der Waals surface area contributed by atoms with Crippen molar-refractivity contribution in [2.75, 3.05) is 45.4 Å². The summed E-state index contributed by atoms with van der Waals surface area (Å²) in [6, 6.07) is 5.99. The van der Waals surface area contributed by atoms with Crippen LogP contribution in [0.1, 0.15) is 5.56 Å². The van der Waals surface area contributed by atoms with Gasteiger partial charge in [-0.2, -0.15) is 0 Å². The second-order valence-corrected chi connectivity index (χ2v) is 4.54. The molecule has 5 nitrogen and oxygen atoms in total. The smallest absolute Gasteiger partial charge is 0.264 e. The summed E-state index contributed by atoms with van der Waals surface area (Å²) in [7, 11) is 3.47. The van der Waals surface area contributed by atoms with Crippen LogP contribution in [-0.4, -0.2) is 46.4 Å². The number of benzene rings is 1. The molecule has 0 aliphatic carbocycles. The average molecular weight is 264 g/mol. The molecule has 19 heavy (non-hydrogen) atoms. The Labute approximate surface area is 113 Å². The van der Waals surface area contributed by atoms with Crippen LogP contribution in [-0.2, 0) is 16.0 Å². The van der Waals surface area contributed by atoms with Crippen LogP contribution < -0.4 is 15.0 Å². The molecule has 0 bridgehead atoms. The summed E-state index contributed by atoms with van der Waals surface area (Å²) < 4.78 is 10.4.